The lowest BCUT2D eigenvalue weighted by atomic mass is 10.1. The Morgan fingerprint density at radius 3 is 2.45 bits per heavy atom. The normalized spacial score (nSPS) is 10.2. The molecule has 2 N–H and O–H groups in total. The van der Waals surface area contributed by atoms with Crippen LogP contribution >= 0.6 is 12.2 Å². The number of nitrogens with two attached hydrogens (primary N) is 1. The van der Waals surface area contributed by atoms with Gasteiger partial charge in [0.25, 0.3) is 0 Å². The second kappa shape index (κ2) is 7.03. The molecule has 0 saturated carbocycles. The quantitative estimate of drug-likeness (QED) is 0.829. The first-order valence-electron chi connectivity index (χ1n) is 6.28. The van der Waals surface area contributed by atoms with E-state index in [1.54, 1.807) is 7.11 Å². The van der Waals surface area contributed by atoms with Gasteiger partial charge in [0, 0.05) is 12.7 Å². The maximum Gasteiger partial charge on any atom is 0.120 e. The average molecular weight is 287 g/mol. The summed E-state index contributed by atoms with van der Waals surface area (Å²) in [6, 6.07) is 15.6. The van der Waals surface area contributed by atoms with Crippen LogP contribution in [0.2, 0.25) is 0 Å². The molecule has 0 atom stereocenters. The van der Waals surface area contributed by atoms with Gasteiger partial charge in [0.15, 0.2) is 0 Å². The topological polar surface area (TPSA) is 44.5 Å². The minimum absolute atomic E-state index is 0.407. The molecule has 4 heteroatoms. The number of hydrogen-bond acceptors (Lipinski definition) is 3. The molecule has 0 bridgehead atoms. The fourth-order valence-electron chi connectivity index (χ4n) is 1.82. The smallest absolute Gasteiger partial charge is 0.120 e. The average Bonchev–Trinajstić information content (AvgIpc) is 2.46. The molecule has 0 aromatic heterocycles. The Balaban J connectivity index is 1.97. The summed E-state index contributed by atoms with van der Waals surface area (Å²) in [5.74, 6) is 0.831. The molecule has 0 spiro atoms. The van der Waals surface area contributed by atoms with Gasteiger partial charge in [-0.3, -0.25) is 0 Å². The number of thiocarbonyl (C=S) groups is 1. The highest BCUT2D eigenvalue weighted by Gasteiger charge is 2.00. The van der Waals surface area contributed by atoms with Crippen LogP contribution in [0.1, 0.15) is 16.7 Å². The number of hydrogen-bond donors (Lipinski definition) is 1. The summed E-state index contributed by atoms with van der Waals surface area (Å²) >= 11 is 4.92. The standard InChI is InChI=1S/C16H17NO2S/c1-18-10-13-3-2-4-15(9-13)19-11-12-5-7-14(8-6-12)16(17)20/h2-9H,10-11H2,1H3,(H2,17,20). The van der Waals surface area contributed by atoms with Crippen LogP contribution in [-0.4, -0.2) is 12.1 Å². The van der Waals surface area contributed by atoms with E-state index in [2.05, 4.69) is 0 Å². The first-order chi connectivity index (χ1) is 9.69. The van der Waals surface area contributed by atoms with Gasteiger partial charge in [-0.2, -0.15) is 0 Å². The summed E-state index contributed by atoms with van der Waals surface area (Å²) in [5, 5.41) is 0. The van der Waals surface area contributed by atoms with E-state index in [0.717, 1.165) is 22.4 Å². The van der Waals surface area contributed by atoms with E-state index in [1.807, 2.05) is 48.5 Å². The van der Waals surface area contributed by atoms with Gasteiger partial charge in [-0.1, -0.05) is 48.6 Å². The molecule has 0 amide bonds. The van der Waals surface area contributed by atoms with E-state index in [9.17, 15) is 0 Å². The third-order valence-electron chi connectivity index (χ3n) is 2.85. The van der Waals surface area contributed by atoms with Gasteiger partial charge < -0.3 is 15.2 Å². The molecule has 2 aromatic carbocycles. The molecule has 0 unspecified atom stereocenters. The van der Waals surface area contributed by atoms with Crippen molar-refractivity contribution in [2.45, 2.75) is 13.2 Å². The van der Waals surface area contributed by atoms with E-state index in [4.69, 9.17) is 27.4 Å². The molecule has 2 rings (SSSR count). The summed E-state index contributed by atoms with van der Waals surface area (Å²) in [6.07, 6.45) is 0. The van der Waals surface area contributed by atoms with Gasteiger partial charge in [-0.15, -0.1) is 0 Å². The van der Waals surface area contributed by atoms with Crippen molar-refractivity contribution in [3.63, 3.8) is 0 Å². The van der Waals surface area contributed by atoms with Crippen LogP contribution in [0.4, 0.5) is 0 Å². The fourth-order valence-corrected chi connectivity index (χ4v) is 1.96. The van der Waals surface area contributed by atoms with Crippen molar-refractivity contribution in [1.29, 1.82) is 0 Å². The van der Waals surface area contributed by atoms with E-state index < -0.39 is 0 Å². The minimum Gasteiger partial charge on any atom is -0.489 e. The Hall–Kier alpha value is -1.91. The predicted octanol–water partition coefficient (Wildman–Crippen LogP) is 3.05. The molecule has 0 aliphatic rings. The third-order valence-corrected chi connectivity index (χ3v) is 3.09. The lowest BCUT2D eigenvalue weighted by molar-refractivity contribution is 0.184. The summed E-state index contributed by atoms with van der Waals surface area (Å²) < 4.78 is 10.9. The Bertz CT molecular complexity index is 581. The Kier molecular flexibility index (Phi) is 5.09. The molecule has 0 heterocycles. The Morgan fingerprint density at radius 1 is 1.05 bits per heavy atom. The van der Waals surface area contributed by atoms with Gasteiger partial charge in [0.2, 0.25) is 0 Å². The zero-order valence-electron chi connectivity index (χ0n) is 11.3. The van der Waals surface area contributed by atoms with Crippen LogP contribution in [-0.2, 0) is 18.0 Å². The molecule has 0 aliphatic heterocycles. The fraction of sp³-hybridized carbons (Fsp3) is 0.188. The van der Waals surface area contributed by atoms with Crippen molar-refractivity contribution in [2.75, 3.05) is 7.11 Å². The summed E-state index contributed by atoms with van der Waals surface area (Å²) in [5.41, 5.74) is 8.59. The lowest BCUT2D eigenvalue weighted by Gasteiger charge is -2.08. The van der Waals surface area contributed by atoms with Gasteiger partial charge in [-0.25, -0.2) is 0 Å². The van der Waals surface area contributed by atoms with Crippen LogP contribution in [0.25, 0.3) is 0 Å². The number of rotatable bonds is 6. The first-order valence-corrected chi connectivity index (χ1v) is 6.69. The van der Waals surface area contributed by atoms with Crippen molar-refractivity contribution in [2.24, 2.45) is 5.73 Å². The number of methoxy groups -OCH3 is 1. The highest BCUT2D eigenvalue weighted by Crippen LogP contribution is 2.16. The van der Waals surface area contributed by atoms with Crippen LogP contribution in [0.5, 0.6) is 5.75 Å². The SMILES string of the molecule is COCc1cccc(OCc2ccc(C(N)=S)cc2)c1. The molecule has 0 saturated heterocycles. The first kappa shape index (κ1) is 14.5. The zero-order chi connectivity index (χ0) is 14.4. The molecule has 2 aromatic rings. The Morgan fingerprint density at radius 2 is 1.80 bits per heavy atom. The highest BCUT2D eigenvalue weighted by atomic mass is 32.1. The second-order valence-corrected chi connectivity index (χ2v) is 4.87. The van der Waals surface area contributed by atoms with E-state index >= 15 is 0 Å². The second-order valence-electron chi connectivity index (χ2n) is 4.43. The van der Waals surface area contributed by atoms with Gasteiger partial charge in [0.1, 0.15) is 17.3 Å². The maximum absolute atomic E-state index is 5.76. The molecule has 20 heavy (non-hydrogen) atoms. The maximum atomic E-state index is 5.76. The Labute approximate surface area is 124 Å². The monoisotopic (exact) mass is 287 g/mol. The van der Waals surface area contributed by atoms with E-state index in [1.165, 1.54) is 0 Å². The lowest BCUT2D eigenvalue weighted by Crippen LogP contribution is -2.09. The number of benzene rings is 2. The van der Waals surface area contributed by atoms with E-state index in [0.29, 0.717) is 18.2 Å². The van der Waals surface area contributed by atoms with Crippen molar-refractivity contribution in [3.05, 3.63) is 65.2 Å². The largest absolute Gasteiger partial charge is 0.489 e. The minimum atomic E-state index is 0.407. The molecule has 0 aliphatic carbocycles. The highest BCUT2D eigenvalue weighted by molar-refractivity contribution is 7.80. The van der Waals surface area contributed by atoms with Gasteiger partial charge in [0.05, 0.1) is 6.61 Å². The molecule has 3 nitrogen and oxygen atoms in total. The number of ether oxygens (including phenoxy) is 2. The van der Waals surface area contributed by atoms with Crippen molar-refractivity contribution in [3.8, 4) is 5.75 Å². The van der Waals surface area contributed by atoms with Gasteiger partial charge in [-0.05, 0) is 23.3 Å². The molecule has 0 radical (unpaired) electrons. The molecular weight excluding hydrogens is 270 g/mol. The van der Waals surface area contributed by atoms with Crippen LogP contribution in [0.3, 0.4) is 0 Å². The van der Waals surface area contributed by atoms with Crippen LogP contribution in [0.15, 0.2) is 48.5 Å². The van der Waals surface area contributed by atoms with Gasteiger partial charge >= 0.3 is 0 Å². The van der Waals surface area contributed by atoms with Crippen molar-refractivity contribution >= 4 is 17.2 Å². The molecule has 0 fully saturated rings. The summed E-state index contributed by atoms with van der Waals surface area (Å²) in [6.45, 7) is 1.09. The predicted molar refractivity (Wildman–Crippen MR) is 83.8 cm³/mol. The van der Waals surface area contributed by atoms with Crippen LogP contribution in [0, 0.1) is 0 Å². The van der Waals surface area contributed by atoms with E-state index in [-0.39, 0.29) is 0 Å². The van der Waals surface area contributed by atoms with Crippen LogP contribution < -0.4 is 10.5 Å². The van der Waals surface area contributed by atoms with Crippen molar-refractivity contribution < 1.29 is 9.47 Å². The zero-order valence-corrected chi connectivity index (χ0v) is 12.2. The molecule has 104 valence electrons. The van der Waals surface area contributed by atoms with Crippen molar-refractivity contribution in [1.82, 2.24) is 0 Å². The summed E-state index contributed by atoms with van der Waals surface area (Å²) in [7, 11) is 1.68. The third kappa shape index (κ3) is 4.05. The molecular formula is C16H17NO2S. The summed E-state index contributed by atoms with van der Waals surface area (Å²) in [4.78, 5) is 0.407.